The van der Waals surface area contributed by atoms with Gasteiger partial charge in [0.05, 0.1) is 13.2 Å². The summed E-state index contributed by atoms with van der Waals surface area (Å²) >= 11 is 0. The Morgan fingerprint density at radius 1 is 1.50 bits per heavy atom. The van der Waals surface area contributed by atoms with E-state index >= 15 is 0 Å². The third-order valence-electron chi connectivity index (χ3n) is 2.69. The molecule has 1 aromatic rings. The van der Waals surface area contributed by atoms with Crippen molar-refractivity contribution in [3.05, 3.63) is 23.9 Å². The van der Waals surface area contributed by atoms with Gasteiger partial charge in [-0.05, 0) is 11.0 Å². The van der Waals surface area contributed by atoms with Gasteiger partial charge in [0.25, 0.3) is 0 Å². The van der Waals surface area contributed by atoms with Crippen LogP contribution in [0.5, 0.6) is 5.88 Å². The number of aromatic nitrogens is 1. The fourth-order valence-corrected chi connectivity index (χ4v) is 1.33. The van der Waals surface area contributed by atoms with E-state index in [1.807, 2.05) is 26.8 Å². The quantitative estimate of drug-likeness (QED) is 0.839. The molecule has 100 valence electrons. The van der Waals surface area contributed by atoms with E-state index in [4.69, 9.17) is 10.5 Å². The number of pyridine rings is 1. The molecule has 0 radical (unpaired) electrons. The average Bonchev–Trinajstić information content (AvgIpc) is 2.34. The lowest BCUT2D eigenvalue weighted by Crippen LogP contribution is -2.48. The van der Waals surface area contributed by atoms with Gasteiger partial charge in [0, 0.05) is 18.8 Å². The zero-order valence-electron chi connectivity index (χ0n) is 11.4. The van der Waals surface area contributed by atoms with Gasteiger partial charge in [0.2, 0.25) is 11.8 Å². The van der Waals surface area contributed by atoms with Crippen LogP contribution in [0.4, 0.5) is 0 Å². The predicted molar refractivity (Wildman–Crippen MR) is 70.1 cm³/mol. The molecule has 5 nitrogen and oxygen atoms in total. The Hall–Kier alpha value is -1.62. The maximum absolute atomic E-state index is 11.8. The van der Waals surface area contributed by atoms with Gasteiger partial charge in [-0.2, -0.15) is 0 Å². The fourth-order valence-electron chi connectivity index (χ4n) is 1.33. The second-order valence-electron chi connectivity index (χ2n) is 5.27. The number of nitrogens with two attached hydrogens (primary N) is 1. The minimum Gasteiger partial charge on any atom is -0.481 e. The van der Waals surface area contributed by atoms with E-state index in [0.717, 1.165) is 5.56 Å². The average molecular weight is 251 g/mol. The van der Waals surface area contributed by atoms with Crippen molar-refractivity contribution in [2.45, 2.75) is 33.4 Å². The minimum atomic E-state index is -0.524. The fraction of sp³-hybridized carbons (Fsp3) is 0.538. The van der Waals surface area contributed by atoms with Crippen molar-refractivity contribution in [2.75, 3.05) is 7.11 Å². The summed E-state index contributed by atoms with van der Waals surface area (Å²) in [6.45, 7) is 6.23. The van der Waals surface area contributed by atoms with Gasteiger partial charge in [-0.1, -0.05) is 26.8 Å². The highest BCUT2D eigenvalue weighted by atomic mass is 16.5. The molecule has 0 saturated heterocycles. The monoisotopic (exact) mass is 251 g/mol. The number of amides is 1. The summed E-state index contributed by atoms with van der Waals surface area (Å²) in [6.07, 6.45) is 1.67. The molecule has 1 aromatic heterocycles. The van der Waals surface area contributed by atoms with Gasteiger partial charge in [-0.15, -0.1) is 0 Å². The maximum Gasteiger partial charge on any atom is 0.237 e. The largest absolute Gasteiger partial charge is 0.481 e. The van der Waals surface area contributed by atoms with Crippen LogP contribution in [-0.4, -0.2) is 24.0 Å². The first-order valence-electron chi connectivity index (χ1n) is 5.87. The first kappa shape index (κ1) is 14.4. The van der Waals surface area contributed by atoms with Crippen LogP contribution in [0.25, 0.3) is 0 Å². The maximum atomic E-state index is 11.8. The molecule has 0 spiro atoms. The molecule has 1 atom stereocenters. The van der Waals surface area contributed by atoms with E-state index in [-0.39, 0.29) is 11.3 Å². The van der Waals surface area contributed by atoms with Crippen LogP contribution in [0.1, 0.15) is 26.3 Å². The normalized spacial score (nSPS) is 12.9. The molecule has 0 aliphatic rings. The molecule has 0 unspecified atom stereocenters. The summed E-state index contributed by atoms with van der Waals surface area (Å²) in [6, 6.07) is 3.09. The molecule has 0 fully saturated rings. The van der Waals surface area contributed by atoms with Gasteiger partial charge < -0.3 is 15.8 Å². The van der Waals surface area contributed by atoms with E-state index in [9.17, 15) is 4.79 Å². The first-order chi connectivity index (χ1) is 8.34. The van der Waals surface area contributed by atoms with Crippen LogP contribution < -0.4 is 15.8 Å². The highest BCUT2D eigenvalue weighted by Gasteiger charge is 2.26. The van der Waals surface area contributed by atoms with Crippen LogP contribution in [0.3, 0.4) is 0 Å². The van der Waals surface area contributed by atoms with Crippen molar-refractivity contribution >= 4 is 5.91 Å². The Kier molecular flexibility index (Phi) is 4.67. The molecule has 0 aliphatic heterocycles. The van der Waals surface area contributed by atoms with E-state index in [1.165, 1.54) is 0 Å². The third-order valence-corrected chi connectivity index (χ3v) is 2.69. The number of hydrogen-bond donors (Lipinski definition) is 2. The Labute approximate surface area is 108 Å². The van der Waals surface area contributed by atoms with E-state index < -0.39 is 6.04 Å². The van der Waals surface area contributed by atoms with Crippen LogP contribution in [0.15, 0.2) is 18.3 Å². The van der Waals surface area contributed by atoms with Crippen LogP contribution in [-0.2, 0) is 11.3 Å². The van der Waals surface area contributed by atoms with E-state index in [1.54, 1.807) is 19.4 Å². The zero-order chi connectivity index (χ0) is 13.8. The smallest absolute Gasteiger partial charge is 0.237 e. The van der Waals surface area contributed by atoms with E-state index in [2.05, 4.69) is 10.3 Å². The Morgan fingerprint density at radius 3 is 2.61 bits per heavy atom. The molecule has 1 rings (SSSR count). The highest BCUT2D eigenvalue weighted by molar-refractivity contribution is 5.82. The lowest BCUT2D eigenvalue weighted by molar-refractivity contribution is -0.124. The van der Waals surface area contributed by atoms with Crippen LogP contribution in [0, 0.1) is 5.41 Å². The standard InChI is InChI=1S/C13H21N3O2/c1-13(2,3)11(14)12(17)16-8-9-5-6-10(18-4)15-7-9/h5-7,11H,8,14H2,1-4H3,(H,16,17)/t11-/m1/s1. The Bertz CT molecular complexity index is 396. The van der Waals surface area contributed by atoms with Crippen molar-refractivity contribution in [2.24, 2.45) is 11.1 Å². The van der Waals surface area contributed by atoms with Crippen molar-refractivity contribution in [1.82, 2.24) is 10.3 Å². The van der Waals surface area contributed by atoms with Crippen molar-refractivity contribution in [3.63, 3.8) is 0 Å². The van der Waals surface area contributed by atoms with Gasteiger partial charge in [-0.25, -0.2) is 4.98 Å². The molecule has 0 bridgehead atoms. The molecule has 1 amide bonds. The van der Waals surface area contributed by atoms with Gasteiger partial charge in [0.1, 0.15) is 0 Å². The number of methoxy groups -OCH3 is 1. The number of ether oxygens (including phenoxy) is 1. The molecule has 0 aromatic carbocycles. The topological polar surface area (TPSA) is 77.2 Å². The summed E-state index contributed by atoms with van der Waals surface area (Å²) in [5.41, 5.74) is 6.52. The van der Waals surface area contributed by atoms with Crippen molar-refractivity contribution < 1.29 is 9.53 Å². The highest BCUT2D eigenvalue weighted by Crippen LogP contribution is 2.17. The minimum absolute atomic E-state index is 0.154. The SMILES string of the molecule is COc1ccc(CNC(=O)[C@@H](N)C(C)(C)C)cn1. The Balaban J connectivity index is 2.52. The van der Waals surface area contributed by atoms with Gasteiger partial charge in [0.15, 0.2) is 0 Å². The van der Waals surface area contributed by atoms with Crippen LogP contribution in [0.2, 0.25) is 0 Å². The van der Waals surface area contributed by atoms with Crippen LogP contribution >= 0.6 is 0 Å². The predicted octanol–water partition coefficient (Wildman–Crippen LogP) is 1.08. The molecule has 0 aliphatic carbocycles. The summed E-state index contributed by atoms with van der Waals surface area (Å²) in [7, 11) is 1.56. The number of nitrogens with zero attached hydrogens (tertiary/aromatic N) is 1. The molecular weight excluding hydrogens is 230 g/mol. The lowest BCUT2D eigenvalue weighted by atomic mass is 9.87. The molecular formula is C13H21N3O2. The lowest BCUT2D eigenvalue weighted by Gasteiger charge is -2.25. The summed E-state index contributed by atoms with van der Waals surface area (Å²) in [4.78, 5) is 15.9. The number of hydrogen-bond acceptors (Lipinski definition) is 4. The second-order valence-corrected chi connectivity index (χ2v) is 5.27. The number of nitrogens with one attached hydrogen (secondary N) is 1. The Morgan fingerprint density at radius 2 is 2.17 bits per heavy atom. The second kappa shape index (κ2) is 5.82. The summed E-state index contributed by atoms with van der Waals surface area (Å²) in [5.74, 6) is 0.398. The number of carbonyl (C=O) groups is 1. The first-order valence-corrected chi connectivity index (χ1v) is 5.87. The molecule has 5 heteroatoms. The molecule has 3 N–H and O–H groups in total. The molecule has 1 heterocycles. The van der Waals surface area contributed by atoms with Crippen molar-refractivity contribution in [3.8, 4) is 5.88 Å². The van der Waals surface area contributed by atoms with E-state index in [0.29, 0.717) is 12.4 Å². The summed E-state index contributed by atoms with van der Waals surface area (Å²) in [5, 5.41) is 2.80. The number of carbonyl (C=O) groups excluding carboxylic acids is 1. The number of rotatable bonds is 4. The third kappa shape index (κ3) is 4.00. The molecule has 18 heavy (non-hydrogen) atoms. The molecule has 0 saturated carbocycles. The summed E-state index contributed by atoms with van der Waals surface area (Å²) < 4.78 is 4.96. The van der Waals surface area contributed by atoms with Crippen molar-refractivity contribution in [1.29, 1.82) is 0 Å². The van der Waals surface area contributed by atoms with Gasteiger partial charge >= 0.3 is 0 Å². The van der Waals surface area contributed by atoms with Gasteiger partial charge in [-0.3, -0.25) is 4.79 Å². The zero-order valence-corrected chi connectivity index (χ0v) is 11.4.